The minimum Gasteiger partial charge on any atom is -0.301 e. The lowest BCUT2D eigenvalue weighted by Crippen LogP contribution is -2.13. The zero-order valence-electron chi connectivity index (χ0n) is 13.9. The van der Waals surface area contributed by atoms with Crippen molar-refractivity contribution in [1.29, 1.82) is 0 Å². The number of aromatic nitrogens is 2. The van der Waals surface area contributed by atoms with Gasteiger partial charge in [0.15, 0.2) is 5.16 Å². The number of aryl methyl sites for hydroxylation is 2. The summed E-state index contributed by atoms with van der Waals surface area (Å²) in [5, 5.41) is 1.56. The van der Waals surface area contributed by atoms with Crippen LogP contribution < -0.4 is 5.56 Å². The van der Waals surface area contributed by atoms with Gasteiger partial charge in [0.1, 0.15) is 4.83 Å². The van der Waals surface area contributed by atoms with Crippen LogP contribution in [0.15, 0.2) is 34.2 Å². The Labute approximate surface area is 149 Å². The molecule has 0 amide bonds. The first kappa shape index (κ1) is 15.9. The first-order chi connectivity index (χ1) is 11.6. The molecule has 3 aromatic rings. The average molecular weight is 357 g/mol. The van der Waals surface area contributed by atoms with Crippen LogP contribution in [-0.2, 0) is 18.6 Å². The smallest absolute Gasteiger partial charge is 0.260 e. The van der Waals surface area contributed by atoms with Gasteiger partial charge in [-0.05, 0) is 43.2 Å². The number of thioether (sulfide) groups is 1. The molecule has 0 saturated heterocycles. The van der Waals surface area contributed by atoms with E-state index in [2.05, 4.69) is 43.1 Å². The number of aromatic amines is 1. The Morgan fingerprint density at radius 2 is 2.12 bits per heavy atom. The van der Waals surface area contributed by atoms with Gasteiger partial charge >= 0.3 is 0 Å². The average Bonchev–Trinajstić information content (AvgIpc) is 2.92. The lowest BCUT2D eigenvalue weighted by atomic mass is 9.89. The molecule has 5 heteroatoms. The van der Waals surface area contributed by atoms with E-state index in [0.29, 0.717) is 5.92 Å². The highest BCUT2D eigenvalue weighted by Crippen LogP contribution is 2.36. The van der Waals surface area contributed by atoms with Crippen molar-refractivity contribution in [3.63, 3.8) is 0 Å². The monoisotopic (exact) mass is 356 g/mol. The Bertz CT molecular complexity index is 940. The third-order valence-corrected chi connectivity index (χ3v) is 6.73. The van der Waals surface area contributed by atoms with E-state index in [1.54, 1.807) is 23.1 Å². The van der Waals surface area contributed by atoms with Crippen molar-refractivity contribution in [3.05, 3.63) is 56.2 Å². The normalized spacial score (nSPS) is 17.2. The van der Waals surface area contributed by atoms with Crippen LogP contribution in [-0.4, -0.2) is 9.97 Å². The fourth-order valence-electron chi connectivity index (χ4n) is 3.23. The first-order valence-corrected chi connectivity index (χ1v) is 10.1. The van der Waals surface area contributed by atoms with E-state index in [1.807, 2.05) is 0 Å². The number of hydrogen-bond donors (Lipinski definition) is 1. The third-order valence-electron chi connectivity index (χ3n) is 4.64. The summed E-state index contributed by atoms with van der Waals surface area (Å²) < 4.78 is 0. The summed E-state index contributed by atoms with van der Waals surface area (Å²) in [5.74, 6) is 1.52. The fraction of sp³-hybridized carbons (Fsp3) is 0.368. The Morgan fingerprint density at radius 1 is 1.33 bits per heavy atom. The molecule has 2 aromatic heterocycles. The summed E-state index contributed by atoms with van der Waals surface area (Å²) in [5.41, 5.74) is 3.78. The molecule has 0 fully saturated rings. The second-order valence-electron chi connectivity index (χ2n) is 6.68. The van der Waals surface area contributed by atoms with Gasteiger partial charge in [-0.2, -0.15) is 0 Å². The molecule has 24 heavy (non-hydrogen) atoms. The van der Waals surface area contributed by atoms with Crippen LogP contribution in [0.5, 0.6) is 0 Å². The molecule has 0 bridgehead atoms. The van der Waals surface area contributed by atoms with Crippen molar-refractivity contribution in [2.45, 2.75) is 44.0 Å². The van der Waals surface area contributed by atoms with Crippen molar-refractivity contribution < 1.29 is 0 Å². The molecule has 0 aliphatic heterocycles. The van der Waals surface area contributed by atoms with Gasteiger partial charge in [0.05, 0.1) is 5.39 Å². The van der Waals surface area contributed by atoms with E-state index >= 15 is 0 Å². The SMILES string of the molecule is Cc1ccc(CSc2nc3sc4c(c3c(=O)[nH]2)CC[C@H](C)C4)cc1. The lowest BCUT2D eigenvalue weighted by molar-refractivity contribution is 0.509. The van der Waals surface area contributed by atoms with Gasteiger partial charge in [0.2, 0.25) is 0 Å². The molecule has 124 valence electrons. The summed E-state index contributed by atoms with van der Waals surface area (Å²) in [6.45, 7) is 4.37. The molecule has 0 radical (unpaired) electrons. The van der Waals surface area contributed by atoms with Crippen LogP contribution in [0.1, 0.15) is 34.9 Å². The quantitative estimate of drug-likeness (QED) is 0.546. The molecule has 4 rings (SSSR count). The maximum Gasteiger partial charge on any atom is 0.260 e. The van der Waals surface area contributed by atoms with Crippen LogP contribution >= 0.6 is 23.1 Å². The molecular formula is C19H20N2OS2. The molecule has 1 aliphatic rings. The Balaban J connectivity index is 1.63. The van der Waals surface area contributed by atoms with Crippen LogP contribution in [0.3, 0.4) is 0 Å². The molecule has 1 N–H and O–H groups in total. The van der Waals surface area contributed by atoms with E-state index < -0.39 is 0 Å². The minimum atomic E-state index is 0.0264. The number of thiophene rings is 1. The van der Waals surface area contributed by atoms with E-state index in [-0.39, 0.29) is 5.56 Å². The third kappa shape index (κ3) is 3.03. The summed E-state index contributed by atoms with van der Waals surface area (Å²) in [4.78, 5) is 22.5. The number of rotatable bonds is 3. The van der Waals surface area contributed by atoms with Gasteiger partial charge in [-0.25, -0.2) is 4.98 Å². The zero-order valence-corrected chi connectivity index (χ0v) is 15.5. The largest absolute Gasteiger partial charge is 0.301 e. The molecule has 1 atom stereocenters. The highest BCUT2D eigenvalue weighted by molar-refractivity contribution is 7.98. The van der Waals surface area contributed by atoms with Crippen LogP contribution in [0.4, 0.5) is 0 Å². The number of fused-ring (bicyclic) bond motifs is 3. The van der Waals surface area contributed by atoms with Gasteiger partial charge in [-0.15, -0.1) is 11.3 Å². The number of benzene rings is 1. The Kier molecular flexibility index (Phi) is 4.22. The molecule has 1 aliphatic carbocycles. The molecule has 0 saturated carbocycles. The molecule has 0 unspecified atom stereocenters. The van der Waals surface area contributed by atoms with Gasteiger partial charge in [0.25, 0.3) is 5.56 Å². The lowest BCUT2D eigenvalue weighted by Gasteiger charge is -2.17. The van der Waals surface area contributed by atoms with Crippen molar-refractivity contribution in [2.24, 2.45) is 5.92 Å². The second-order valence-corrected chi connectivity index (χ2v) is 8.72. The van der Waals surface area contributed by atoms with Crippen molar-refractivity contribution in [1.82, 2.24) is 9.97 Å². The standard InChI is InChI=1S/C19H20N2OS2/c1-11-3-6-13(7-4-11)10-23-19-20-17(22)16-14-8-5-12(2)9-15(14)24-18(16)21-19/h3-4,6-7,12H,5,8-10H2,1-2H3,(H,20,21,22)/t12-/m0/s1. The topological polar surface area (TPSA) is 45.8 Å². The number of hydrogen-bond acceptors (Lipinski definition) is 4. The molecule has 3 nitrogen and oxygen atoms in total. The van der Waals surface area contributed by atoms with Crippen molar-refractivity contribution in [2.75, 3.05) is 0 Å². The van der Waals surface area contributed by atoms with Crippen LogP contribution in [0.2, 0.25) is 0 Å². The van der Waals surface area contributed by atoms with E-state index in [9.17, 15) is 4.79 Å². The number of nitrogens with one attached hydrogen (secondary N) is 1. The predicted molar refractivity (Wildman–Crippen MR) is 102 cm³/mol. The summed E-state index contributed by atoms with van der Waals surface area (Å²) in [7, 11) is 0. The maximum atomic E-state index is 12.6. The van der Waals surface area contributed by atoms with Crippen LogP contribution in [0, 0.1) is 12.8 Å². The van der Waals surface area contributed by atoms with E-state index in [1.165, 1.54) is 28.0 Å². The molecule has 0 spiro atoms. The zero-order chi connectivity index (χ0) is 16.7. The van der Waals surface area contributed by atoms with Crippen LogP contribution in [0.25, 0.3) is 10.2 Å². The van der Waals surface area contributed by atoms with Gasteiger partial charge in [-0.3, -0.25) is 4.79 Å². The van der Waals surface area contributed by atoms with Crippen molar-refractivity contribution >= 4 is 33.3 Å². The molecule has 2 heterocycles. The van der Waals surface area contributed by atoms with E-state index in [4.69, 9.17) is 4.98 Å². The number of H-pyrrole nitrogens is 1. The minimum absolute atomic E-state index is 0.0264. The van der Waals surface area contributed by atoms with Gasteiger partial charge in [0, 0.05) is 10.6 Å². The van der Waals surface area contributed by atoms with Gasteiger partial charge < -0.3 is 4.98 Å². The Morgan fingerprint density at radius 3 is 2.92 bits per heavy atom. The molecular weight excluding hydrogens is 336 g/mol. The maximum absolute atomic E-state index is 12.6. The highest BCUT2D eigenvalue weighted by Gasteiger charge is 2.23. The molecule has 1 aromatic carbocycles. The second kappa shape index (κ2) is 6.37. The van der Waals surface area contributed by atoms with Crippen molar-refractivity contribution in [3.8, 4) is 0 Å². The highest BCUT2D eigenvalue weighted by atomic mass is 32.2. The fourth-order valence-corrected chi connectivity index (χ4v) is 5.49. The first-order valence-electron chi connectivity index (χ1n) is 8.33. The summed E-state index contributed by atoms with van der Waals surface area (Å²) in [6, 6.07) is 8.49. The van der Waals surface area contributed by atoms with Gasteiger partial charge in [-0.1, -0.05) is 48.5 Å². The predicted octanol–water partition coefficient (Wildman–Crippen LogP) is 4.71. The Hall–Kier alpha value is -1.59. The summed E-state index contributed by atoms with van der Waals surface area (Å²) >= 11 is 3.31. The number of nitrogens with zero attached hydrogens (tertiary/aromatic N) is 1. The van der Waals surface area contributed by atoms with E-state index in [0.717, 1.165) is 34.0 Å². The summed E-state index contributed by atoms with van der Waals surface area (Å²) in [6.07, 6.45) is 3.26.